The summed E-state index contributed by atoms with van der Waals surface area (Å²) < 4.78 is 11.5. The van der Waals surface area contributed by atoms with Crippen LogP contribution >= 0.6 is 0 Å². The van der Waals surface area contributed by atoms with Gasteiger partial charge in [-0.05, 0) is 50.8 Å². The van der Waals surface area contributed by atoms with E-state index in [2.05, 4.69) is 28.1 Å². The van der Waals surface area contributed by atoms with E-state index in [1.165, 1.54) is 6.42 Å². The van der Waals surface area contributed by atoms with Crippen LogP contribution in [0.4, 0.5) is 11.4 Å². The zero-order valence-electron chi connectivity index (χ0n) is 19.5. The molecule has 0 spiro atoms. The smallest absolute Gasteiger partial charge is 0.228 e. The first-order valence-electron chi connectivity index (χ1n) is 11.7. The summed E-state index contributed by atoms with van der Waals surface area (Å²) >= 11 is 0. The Morgan fingerprint density at radius 2 is 1.62 bits per heavy atom. The topological polar surface area (TPSA) is 71.6 Å². The van der Waals surface area contributed by atoms with Crippen molar-refractivity contribution in [3.63, 3.8) is 0 Å². The van der Waals surface area contributed by atoms with Gasteiger partial charge in [0, 0.05) is 11.6 Å². The molecule has 6 nitrogen and oxygen atoms in total. The van der Waals surface area contributed by atoms with Crippen LogP contribution in [-0.2, 0) is 10.5 Å². The molecule has 0 bridgehead atoms. The quantitative estimate of drug-likeness (QED) is 0.561. The molecular weight excluding hydrogens is 402 g/mol. The lowest BCUT2D eigenvalue weighted by Crippen LogP contribution is -2.56. The number of hydrogen-bond acceptors (Lipinski definition) is 5. The number of methoxy groups -OCH3 is 2. The number of ether oxygens (including phenoxy) is 2. The molecule has 2 aliphatic rings. The molecule has 0 radical (unpaired) electrons. The van der Waals surface area contributed by atoms with Gasteiger partial charge in [0.2, 0.25) is 5.91 Å². The lowest BCUT2D eigenvalue weighted by atomic mass is 9.70. The summed E-state index contributed by atoms with van der Waals surface area (Å²) in [6.45, 7) is 4.03. The van der Waals surface area contributed by atoms with Crippen molar-refractivity contribution >= 4 is 17.3 Å². The monoisotopic (exact) mass is 437 g/mol. The van der Waals surface area contributed by atoms with E-state index in [-0.39, 0.29) is 23.8 Å². The Labute approximate surface area is 191 Å². The molecule has 1 saturated carbocycles. The Hall–Kier alpha value is -2.89. The third-order valence-electron chi connectivity index (χ3n) is 6.72. The van der Waals surface area contributed by atoms with Gasteiger partial charge in [-0.25, -0.2) is 0 Å². The van der Waals surface area contributed by atoms with Crippen molar-refractivity contribution in [3.05, 3.63) is 48.0 Å². The molecule has 1 aliphatic heterocycles. The largest absolute Gasteiger partial charge is 0.493 e. The summed E-state index contributed by atoms with van der Waals surface area (Å²) in [4.78, 5) is 13.9. The van der Waals surface area contributed by atoms with Crippen molar-refractivity contribution in [2.24, 2.45) is 11.8 Å². The van der Waals surface area contributed by atoms with Gasteiger partial charge in [0.15, 0.2) is 17.2 Å². The maximum Gasteiger partial charge on any atom is 0.228 e. The van der Waals surface area contributed by atoms with Crippen molar-refractivity contribution in [1.82, 2.24) is 5.32 Å². The van der Waals surface area contributed by atoms with E-state index >= 15 is 0 Å². The van der Waals surface area contributed by atoms with Crippen molar-refractivity contribution in [2.45, 2.75) is 57.7 Å². The summed E-state index contributed by atoms with van der Waals surface area (Å²) in [5.41, 5.74) is 1.99. The third kappa shape index (κ3) is 3.98. The first kappa shape index (κ1) is 22.3. The van der Waals surface area contributed by atoms with Crippen LogP contribution in [0.3, 0.4) is 0 Å². The van der Waals surface area contributed by atoms with Crippen molar-refractivity contribution in [1.29, 1.82) is 0 Å². The van der Waals surface area contributed by atoms with Crippen LogP contribution in [0.2, 0.25) is 0 Å². The van der Waals surface area contributed by atoms with Crippen LogP contribution in [0.25, 0.3) is 0 Å². The number of benzene rings is 2. The molecule has 1 unspecified atom stereocenters. The van der Waals surface area contributed by atoms with E-state index in [0.717, 1.165) is 42.6 Å². The van der Waals surface area contributed by atoms with Gasteiger partial charge >= 0.3 is 0 Å². The van der Waals surface area contributed by atoms with Gasteiger partial charge in [-0.15, -0.1) is 0 Å². The molecule has 1 fully saturated rings. The highest BCUT2D eigenvalue weighted by Gasteiger charge is 2.53. The van der Waals surface area contributed by atoms with Crippen molar-refractivity contribution in [2.75, 3.05) is 24.9 Å². The lowest BCUT2D eigenvalue weighted by molar-refractivity contribution is -0.129. The predicted molar refractivity (Wildman–Crippen MR) is 128 cm³/mol. The standard InChI is InChI=1S/C26H35N3O3/c1-17(2)27-25(30)23(18-11-6-5-7-12-18)26(28-20-14-8-9-15-21(20)29-26)19-13-10-16-22(31-3)24(19)32-4/h8-10,13-18,23,28-29H,5-7,11-12H2,1-4H3,(H,27,30). The van der Waals surface area contributed by atoms with E-state index in [1.807, 2.05) is 44.2 Å². The Kier molecular flexibility index (Phi) is 6.49. The Morgan fingerprint density at radius 1 is 0.969 bits per heavy atom. The molecule has 2 aromatic carbocycles. The molecular formula is C26H35N3O3. The number of hydrogen-bond donors (Lipinski definition) is 3. The first-order chi connectivity index (χ1) is 15.5. The number of amides is 1. The van der Waals surface area contributed by atoms with Gasteiger partial charge < -0.3 is 25.4 Å². The maximum atomic E-state index is 13.9. The van der Waals surface area contributed by atoms with Crippen LogP contribution < -0.4 is 25.4 Å². The molecule has 32 heavy (non-hydrogen) atoms. The summed E-state index contributed by atoms with van der Waals surface area (Å²) in [6.07, 6.45) is 5.59. The fraction of sp³-hybridized carbons (Fsp3) is 0.500. The zero-order valence-corrected chi connectivity index (χ0v) is 19.5. The molecule has 3 N–H and O–H groups in total. The minimum atomic E-state index is -0.857. The van der Waals surface area contributed by atoms with Crippen molar-refractivity contribution < 1.29 is 14.3 Å². The van der Waals surface area contributed by atoms with Crippen LogP contribution in [-0.4, -0.2) is 26.2 Å². The van der Waals surface area contributed by atoms with Gasteiger partial charge in [-0.1, -0.05) is 43.5 Å². The number of nitrogens with one attached hydrogen (secondary N) is 3. The molecule has 1 amide bonds. The van der Waals surface area contributed by atoms with Crippen LogP contribution in [0, 0.1) is 11.8 Å². The van der Waals surface area contributed by atoms with Crippen LogP contribution in [0.15, 0.2) is 42.5 Å². The molecule has 0 aromatic heterocycles. The minimum Gasteiger partial charge on any atom is -0.493 e. The Bertz CT molecular complexity index is 928. The molecule has 4 rings (SSSR count). The highest BCUT2D eigenvalue weighted by Crippen LogP contribution is 2.52. The van der Waals surface area contributed by atoms with E-state index in [1.54, 1.807) is 14.2 Å². The molecule has 6 heteroatoms. The highest BCUT2D eigenvalue weighted by atomic mass is 16.5. The Morgan fingerprint density at radius 3 is 2.19 bits per heavy atom. The van der Waals surface area contributed by atoms with E-state index in [9.17, 15) is 4.79 Å². The van der Waals surface area contributed by atoms with Crippen LogP contribution in [0.1, 0.15) is 51.5 Å². The number of rotatable bonds is 7. The summed E-state index contributed by atoms with van der Waals surface area (Å²) in [5, 5.41) is 10.7. The summed E-state index contributed by atoms with van der Waals surface area (Å²) in [6, 6.07) is 14.1. The second kappa shape index (κ2) is 9.31. The third-order valence-corrected chi connectivity index (χ3v) is 6.72. The number of fused-ring (bicyclic) bond motifs is 1. The molecule has 1 atom stereocenters. The average Bonchev–Trinajstić information content (AvgIpc) is 3.18. The number of carbonyl (C=O) groups excluding carboxylic acids is 1. The minimum absolute atomic E-state index is 0.0571. The van der Waals surface area contributed by atoms with E-state index < -0.39 is 5.66 Å². The maximum absolute atomic E-state index is 13.9. The fourth-order valence-corrected chi connectivity index (χ4v) is 5.42. The zero-order chi connectivity index (χ0) is 22.7. The van der Waals surface area contributed by atoms with E-state index in [4.69, 9.17) is 9.47 Å². The second-order valence-electron chi connectivity index (χ2n) is 9.18. The van der Waals surface area contributed by atoms with Gasteiger partial charge in [-0.3, -0.25) is 4.79 Å². The number of carbonyl (C=O) groups is 1. The summed E-state index contributed by atoms with van der Waals surface area (Å²) in [7, 11) is 3.30. The first-order valence-corrected chi connectivity index (χ1v) is 11.7. The molecule has 0 saturated heterocycles. The molecule has 172 valence electrons. The highest BCUT2D eigenvalue weighted by molar-refractivity contribution is 5.87. The Balaban J connectivity index is 1.91. The van der Waals surface area contributed by atoms with Gasteiger partial charge in [-0.2, -0.15) is 0 Å². The molecule has 2 aromatic rings. The van der Waals surface area contributed by atoms with Gasteiger partial charge in [0.1, 0.15) is 0 Å². The predicted octanol–water partition coefficient (Wildman–Crippen LogP) is 5.12. The average molecular weight is 438 g/mol. The van der Waals surface area contributed by atoms with Crippen LogP contribution in [0.5, 0.6) is 11.5 Å². The fourth-order valence-electron chi connectivity index (χ4n) is 5.42. The lowest BCUT2D eigenvalue weighted by Gasteiger charge is -2.44. The molecule has 1 aliphatic carbocycles. The number of anilines is 2. The molecule has 1 heterocycles. The number of para-hydroxylation sites is 3. The normalized spacial score (nSPS) is 18.3. The van der Waals surface area contributed by atoms with E-state index in [0.29, 0.717) is 11.5 Å². The van der Waals surface area contributed by atoms with Gasteiger partial charge in [0.25, 0.3) is 0 Å². The second-order valence-corrected chi connectivity index (χ2v) is 9.18. The van der Waals surface area contributed by atoms with Gasteiger partial charge in [0.05, 0.1) is 31.5 Å². The SMILES string of the molecule is COc1cccc(C2(C(C(=O)NC(C)C)C3CCCCC3)Nc3ccccc3N2)c1OC. The summed E-state index contributed by atoms with van der Waals surface area (Å²) in [5.74, 6) is 1.26. The van der Waals surface area contributed by atoms with Crippen molar-refractivity contribution in [3.8, 4) is 11.5 Å².